The van der Waals surface area contributed by atoms with Crippen molar-refractivity contribution >= 4 is 0 Å². The summed E-state index contributed by atoms with van der Waals surface area (Å²) in [6.45, 7) is 10.7. The summed E-state index contributed by atoms with van der Waals surface area (Å²) in [7, 11) is 0. The van der Waals surface area contributed by atoms with Crippen molar-refractivity contribution in [3.63, 3.8) is 0 Å². The summed E-state index contributed by atoms with van der Waals surface area (Å²) in [5, 5.41) is 0. The molecule has 0 bridgehead atoms. The molecule has 0 saturated carbocycles. The van der Waals surface area contributed by atoms with Gasteiger partial charge in [-0.2, -0.15) is 0 Å². The van der Waals surface area contributed by atoms with E-state index in [1.165, 1.54) is 37.9 Å². The zero-order valence-corrected chi connectivity index (χ0v) is 12.0. The van der Waals surface area contributed by atoms with E-state index in [0.717, 1.165) is 18.1 Å². The predicted octanol–water partition coefficient (Wildman–Crippen LogP) is 3.06. The highest BCUT2D eigenvalue weighted by atomic mass is 16.3. The van der Waals surface area contributed by atoms with Gasteiger partial charge in [-0.1, -0.05) is 13.8 Å². The smallest absolute Gasteiger partial charge is 0.118 e. The first-order valence-electron chi connectivity index (χ1n) is 7.01. The number of furan rings is 1. The van der Waals surface area contributed by atoms with E-state index in [9.17, 15) is 0 Å². The molecule has 0 unspecified atom stereocenters. The predicted molar refractivity (Wildman–Crippen MR) is 74.2 cm³/mol. The number of nitrogens with zero attached hydrogens (tertiary/aromatic N) is 1. The maximum Gasteiger partial charge on any atom is 0.118 e. The number of hydrogen-bond acceptors (Lipinski definition) is 3. The van der Waals surface area contributed by atoms with Crippen LogP contribution in [-0.2, 0) is 13.1 Å². The molecule has 0 aliphatic carbocycles. The Bertz CT molecular complexity index is 395. The van der Waals surface area contributed by atoms with Crippen LogP contribution in [0.3, 0.4) is 0 Å². The first-order valence-corrected chi connectivity index (χ1v) is 7.01. The quantitative estimate of drug-likeness (QED) is 0.896. The van der Waals surface area contributed by atoms with Gasteiger partial charge in [0.25, 0.3) is 0 Å². The Morgan fingerprint density at radius 2 is 2.11 bits per heavy atom. The topological polar surface area (TPSA) is 42.4 Å². The van der Waals surface area contributed by atoms with Gasteiger partial charge < -0.3 is 10.2 Å². The molecule has 0 amide bonds. The molecule has 2 N–H and O–H groups in total. The third kappa shape index (κ3) is 3.36. The minimum Gasteiger partial charge on any atom is -0.465 e. The van der Waals surface area contributed by atoms with Crippen LogP contribution in [0.2, 0.25) is 0 Å². The van der Waals surface area contributed by atoms with Crippen molar-refractivity contribution in [2.45, 2.75) is 53.1 Å². The lowest BCUT2D eigenvalue weighted by atomic mass is 9.85. The lowest BCUT2D eigenvalue weighted by molar-refractivity contribution is 0.254. The third-order valence-electron chi connectivity index (χ3n) is 4.10. The molecule has 102 valence electrons. The first-order chi connectivity index (χ1) is 8.50. The molecule has 2 rings (SSSR count). The summed E-state index contributed by atoms with van der Waals surface area (Å²) in [4.78, 5) is 2.55. The largest absolute Gasteiger partial charge is 0.465 e. The second kappa shape index (κ2) is 5.45. The highest BCUT2D eigenvalue weighted by molar-refractivity contribution is 5.20. The van der Waals surface area contributed by atoms with Crippen molar-refractivity contribution in [3.05, 3.63) is 23.2 Å². The number of nitrogens with two attached hydrogens (primary N) is 1. The van der Waals surface area contributed by atoms with Gasteiger partial charge in [-0.25, -0.2) is 0 Å². The van der Waals surface area contributed by atoms with Gasteiger partial charge in [-0.15, -0.1) is 0 Å². The molecule has 0 atom stereocenters. The molecule has 0 radical (unpaired) electrons. The van der Waals surface area contributed by atoms with E-state index in [2.05, 4.69) is 24.8 Å². The fourth-order valence-electron chi connectivity index (χ4n) is 2.72. The maximum absolute atomic E-state index is 5.63. The highest BCUT2D eigenvalue weighted by Crippen LogP contribution is 2.30. The molecule has 18 heavy (non-hydrogen) atoms. The summed E-state index contributed by atoms with van der Waals surface area (Å²) >= 11 is 0. The SMILES string of the molecule is Cc1oc(CN)cc1CN1CCCC(C)(C)CC1. The molecule has 1 aromatic heterocycles. The second-order valence-corrected chi connectivity index (χ2v) is 6.29. The summed E-state index contributed by atoms with van der Waals surface area (Å²) in [5.74, 6) is 1.93. The van der Waals surface area contributed by atoms with Crippen molar-refractivity contribution in [2.24, 2.45) is 11.1 Å². The van der Waals surface area contributed by atoms with E-state index in [1.54, 1.807) is 0 Å². The highest BCUT2D eigenvalue weighted by Gasteiger charge is 2.23. The number of aryl methyl sites for hydroxylation is 1. The summed E-state index contributed by atoms with van der Waals surface area (Å²) in [6, 6.07) is 2.12. The van der Waals surface area contributed by atoms with Gasteiger partial charge in [0.1, 0.15) is 11.5 Å². The molecular formula is C15H26N2O. The van der Waals surface area contributed by atoms with Gasteiger partial charge in [0.05, 0.1) is 6.54 Å². The molecule has 2 heterocycles. The van der Waals surface area contributed by atoms with Gasteiger partial charge in [0, 0.05) is 12.1 Å². The minimum absolute atomic E-state index is 0.494. The molecule has 3 nitrogen and oxygen atoms in total. The Morgan fingerprint density at radius 3 is 2.78 bits per heavy atom. The number of hydrogen-bond donors (Lipinski definition) is 1. The first kappa shape index (κ1) is 13.6. The third-order valence-corrected chi connectivity index (χ3v) is 4.10. The van der Waals surface area contributed by atoms with Gasteiger partial charge in [0.2, 0.25) is 0 Å². The van der Waals surface area contributed by atoms with E-state index >= 15 is 0 Å². The monoisotopic (exact) mass is 250 g/mol. The summed E-state index contributed by atoms with van der Waals surface area (Å²) in [6.07, 6.45) is 3.92. The molecule has 1 aromatic rings. The lowest BCUT2D eigenvalue weighted by Gasteiger charge is -2.23. The van der Waals surface area contributed by atoms with Crippen molar-refractivity contribution in [3.8, 4) is 0 Å². The van der Waals surface area contributed by atoms with E-state index in [1.807, 2.05) is 6.92 Å². The molecular weight excluding hydrogens is 224 g/mol. The summed E-state index contributed by atoms with van der Waals surface area (Å²) < 4.78 is 5.63. The minimum atomic E-state index is 0.494. The Morgan fingerprint density at radius 1 is 1.33 bits per heavy atom. The molecule has 1 aliphatic rings. The molecule has 1 aliphatic heterocycles. The molecule has 1 saturated heterocycles. The fourth-order valence-corrected chi connectivity index (χ4v) is 2.72. The van der Waals surface area contributed by atoms with E-state index in [4.69, 9.17) is 10.2 Å². The number of rotatable bonds is 3. The van der Waals surface area contributed by atoms with Crippen LogP contribution in [0, 0.1) is 12.3 Å². The standard InChI is InChI=1S/C15H26N2O/c1-12-13(9-14(10-16)18-12)11-17-7-4-5-15(2,3)6-8-17/h9H,4-8,10-11,16H2,1-3H3. The van der Waals surface area contributed by atoms with Crippen LogP contribution in [-0.4, -0.2) is 18.0 Å². The van der Waals surface area contributed by atoms with Gasteiger partial charge >= 0.3 is 0 Å². The van der Waals surface area contributed by atoms with Gasteiger partial charge in [-0.3, -0.25) is 4.90 Å². The van der Waals surface area contributed by atoms with Crippen molar-refractivity contribution in [1.82, 2.24) is 4.90 Å². The average Bonchev–Trinajstić information content (AvgIpc) is 2.57. The fraction of sp³-hybridized carbons (Fsp3) is 0.733. The second-order valence-electron chi connectivity index (χ2n) is 6.29. The Kier molecular flexibility index (Phi) is 4.13. The van der Waals surface area contributed by atoms with Crippen LogP contribution >= 0.6 is 0 Å². The van der Waals surface area contributed by atoms with Crippen molar-refractivity contribution < 1.29 is 4.42 Å². The van der Waals surface area contributed by atoms with E-state index < -0.39 is 0 Å². The van der Waals surface area contributed by atoms with Gasteiger partial charge in [-0.05, 0) is 50.8 Å². The lowest BCUT2D eigenvalue weighted by Crippen LogP contribution is -2.25. The Hall–Kier alpha value is -0.800. The maximum atomic E-state index is 5.63. The normalized spacial score (nSPS) is 20.9. The molecule has 0 spiro atoms. The van der Waals surface area contributed by atoms with Crippen LogP contribution in [0.1, 0.15) is 50.2 Å². The Labute approximate surface area is 110 Å². The molecule has 1 fully saturated rings. The molecule has 3 heteroatoms. The van der Waals surface area contributed by atoms with Crippen LogP contribution in [0.5, 0.6) is 0 Å². The van der Waals surface area contributed by atoms with Crippen LogP contribution in [0.4, 0.5) is 0 Å². The van der Waals surface area contributed by atoms with Crippen LogP contribution in [0.25, 0.3) is 0 Å². The van der Waals surface area contributed by atoms with Crippen molar-refractivity contribution in [1.29, 1.82) is 0 Å². The number of likely N-dealkylation sites (tertiary alicyclic amines) is 1. The summed E-state index contributed by atoms with van der Waals surface area (Å²) in [5.41, 5.74) is 7.42. The van der Waals surface area contributed by atoms with E-state index in [0.29, 0.717) is 12.0 Å². The van der Waals surface area contributed by atoms with Crippen LogP contribution < -0.4 is 5.73 Å². The average molecular weight is 250 g/mol. The zero-order chi connectivity index (χ0) is 13.2. The Balaban J connectivity index is 1.98. The van der Waals surface area contributed by atoms with Gasteiger partial charge in [0.15, 0.2) is 0 Å². The molecule has 0 aromatic carbocycles. The van der Waals surface area contributed by atoms with Crippen LogP contribution in [0.15, 0.2) is 10.5 Å². The van der Waals surface area contributed by atoms with Crippen molar-refractivity contribution in [2.75, 3.05) is 13.1 Å². The van der Waals surface area contributed by atoms with E-state index in [-0.39, 0.29) is 0 Å². The zero-order valence-electron chi connectivity index (χ0n) is 12.0.